The first-order chi connectivity index (χ1) is 2.83. The van der Waals surface area contributed by atoms with Crippen LogP contribution in [0, 0.1) is 7.05 Å². The zero-order valence-corrected chi connectivity index (χ0v) is 7.63. The van der Waals surface area contributed by atoms with Gasteiger partial charge in [0.25, 0.3) is 0 Å². The van der Waals surface area contributed by atoms with Gasteiger partial charge in [0.1, 0.15) is 0 Å². The van der Waals surface area contributed by atoms with Crippen molar-refractivity contribution < 1.29 is 26.1 Å². The zero-order valence-electron chi connectivity index (χ0n) is 4.69. The van der Waals surface area contributed by atoms with Crippen molar-refractivity contribution in [3.8, 4) is 0 Å². The average molecular weight is 271 g/mol. The molecule has 0 aromatic carbocycles. The van der Waals surface area contributed by atoms with Gasteiger partial charge >= 0.3 is 21.1 Å². The van der Waals surface area contributed by atoms with Crippen molar-refractivity contribution in [3.63, 3.8) is 0 Å². The van der Waals surface area contributed by atoms with Gasteiger partial charge < -0.3 is 10.3 Å². The Hall–Kier alpha value is 0.318. The van der Waals surface area contributed by atoms with Crippen LogP contribution < -0.4 is 10.3 Å². The van der Waals surface area contributed by atoms with Crippen molar-refractivity contribution >= 4 is 6.72 Å². The molecule has 0 spiro atoms. The van der Waals surface area contributed by atoms with E-state index in [9.17, 15) is 0 Å². The van der Waals surface area contributed by atoms with Crippen LogP contribution in [-0.2, 0) is 21.1 Å². The molecule has 2 N–H and O–H groups in total. The SMILES string of the molecule is [CH-]=[NH+]C.[CH2-]NC.[W+2]. The van der Waals surface area contributed by atoms with E-state index in [2.05, 4.69) is 24.1 Å². The Bertz CT molecular complexity index is 23.7. The summed E-state index contributed by atoms with van der Waals surface area (Å²) in [5.41, 5.74) is 0. The minimum Gasteiger partial charge on any atom is -0.475 e. The van der Waals surface area contributed by atoms with Gasteiger partial charge in [-0.25, -0.2) is 6.72 Å². The maximum Gasteiger partial charge on any atom is 2.00 e. The minimum absolute atomic E-state index is 0. The van der Waals surface area contributed by atoms with E-state index < -0.39 is 0 Å². The van der Waals surface area contributed by atoms with Crippen LogP contribution in [0.25, 0.3) is 0 Å². The summed E-state index contributed by atoms with van der Waals surface area (Å²) in [5, 5.41) is 2.50. The maximum absolute atomic E-state index is 4.60. The van der Waals surface area contributed by atoms with Crippen LogP contribution in [0.1, 0.15) is 0 Å². The molecule has 0 aromatic rings. The summed E-state index contributed by atoms with van der Waals surface area (Å²) in [4.78, 5) is 2.25. The molecule has 0 amide bonds. The predicted molar refractivity (Wildman–Crippen MR) is 27.4 cm³/mol. The summed E-state index contributed by atoms with van der Waals surface area (Å²) < 4.78 is 0. The normalized spacial score (nSPS) is 4.43. The molecule has 3 heteroatoms. The van der Waals surface area contributed by atoms with Crippen molar-refractivity contribution in [1.29, 1.82) is 0 Å². The molecule has 0 saturated carbocycles. The summed E-state index contributed by atoms with van der Waals surface area (Å²) in [5.74, 6) is 0. The van der Waals surface area contributed by atoms with Crippen molar-refractivity contribution in [2.45, 2.75) is 0 Å². The Kier molecular flexibility index (Phi) is 74.4. The molecule has 0 atom stereocenters. The third kappa shape index (κ3) is 1160. The van der Waals surface area contributed by atoms with E-state index in [-0.39, 0.29) is 21.1 Å². The zero-order chi connectivity index (χ0) is 5.41. The van der Waals surface area contributed by atoms with E-state index in [1.54, 1.807) is 14.1 Å². The number of nitrogens with one attached hydrogen (secondary N) is 2. The molecule has 0 bridgehead atoms. The molecule has 0 aliphatic carbocycles. The van der Waals surface area contributed by atoms with Gasteiger partial charge in [0, 0.05) is 0 Å². The Labute approximate surface area is 59.7 Å². The summed E-state index contributed by atoms with van der Waals surface area (Å²) in [7, 11) is 6.65. The van der Waals surface area contributed by atoms with Gasteiger partial charge in [0.05, 0.1) is 7.05 Å². The predicted octanol–water partition coefficient (Wildman–Crippen LogP) is -1.73. The molecule has 0 unspecified atom stereocenters. The van der Waals surface area contributed by atoms with Gasteiger partial charge in [-0.2, -0.15) is 0 Å². The molecule has 0 radical (unpaired) electrons. The van der Waals surface area contributed by atoms with Crippen LogP contribution in [0.5, 0.6) is 0 Å². The van der Waals surface area contributed by atoms with Crippen LogP contribution in [0.15, 0.2) is 0 Å². The summed E-state index contributed by atoms with van der Waals surface area (Å²) in [6.07, 6.45) is 0. The van der Waals surface area contributed by atoms with E-state index >= 15 is 0 Å². The fourth-order valence-electron chi connectivity index (χ4n) is 0. The Morgan fingerprint density at radius 2 is 1.71 bits per heavy atom. The molecule has 0 aliphatic rings. The standard InChI is InChI=1S/C2H6N.C2H5N.W/c2*1-3-2;/h3H,1H2,2H3;1,3H,2H3;/q-1;;+2. The molecule has 0 heterocycles. The second kappa shape index (κ2) is 33.3. The monoisotopic (exact) mass is 271 g/mol. The second-order valence-corrected chi connectivity index (χ2v) is 0.642. The molecule has 0 fully saturated rings. The van der Waals surface area contributed by atoms with E-state index in [0.29, 0.717) is 0 Å². The molecule has 0 saturated heterocycles. The van der Waals surface area contributed by atoms with Gasteiger partial charge in [-0.05, 0) is 7.05 Å². The number of hydrogen-bond acceptors (Lipinski definition) is 1. The molecule has 42 valence electrons. The smallest absolute Gasteiger partial charge is 0.475 e. The van der Waals surface area contributed by atoms with Crippen LogP contribution in [0.3, 0.4) is 0 Å². The second-order valence-electron chi connectivity index (χ2n) is 0.642. The quantitative estimate of drug-likeness (QED) is 0.397. The first kappa shape index (κ1) is 15.7. The van der Waals surface area contributed by atoms with Gasteiger partial charge in [-0.3, -0.25) is 7.05 Å². The van der Waals surface area contributed by atoms with Gasteiger partial charge in [0.2, 0.25) is 0 Å². The van der Waals surface area contributed by atoms with E-state index in [0.717, 1.165) is 0 Å². The fraction of sp³-hybridized carbons (Fsp3) is 0.500. The molecule has 0 aliphatic heterocycles. The van der Waals surface area contributed by atoms with Crippen molar-refractivity contribution in [2.24, 2.45) is 0 Å². The first-order valence-electron chi connectivity index (χ1n) is 1.64. The molecule has 2 nitrogen and oxygen atoms in total. The average Bonchev–Trinajstić information content (AvgIpc) is 1.39. The van der Waals surface area contributed by atoms with Crippen molar-refractivity contribution in [3.05, 3.63) is 7.05 Å². The molecular weight excluding hydrogens is 260 g/mol. The van der Waals surface area contributed by atoms with Crippen LogP contribution in [0.2, 0.25) is 0 Å². The van der Waals surface area contributed by atoms with Crippen molar-refractivity contribution in [1.82, 2.24) is 5.32 Å². The van der Waals surface area contributed by atoms with Crippen LogP contribution in [-0.4, -0.2) is 20.8 Å². The van der Waals surface area contributed by atoms with Gasteiger partial charge in [0.15, 0.2) is 0 Å². The molecule has 0 rings (SSSR count). The third-order valence-electron chi connectivity index (χ3n) is 0. The Morgan fingerprint density at radius 1 is 1.71 bits per heavy atom. The number of hydrogen-bond donors (Lipinski definition) is 2. The topological polar surface area (TPSA) is 26.0 Å². The maximum atomic E-state index is 4.60. The van der Waals surface area contributed by atoms with Crippen molar-refractivity contribution in [2.75, 3.05) is 14.1 Å². The Balaban J connectivity index is -0.0000000400. The molecule has 0 aromatic heterocycles. The van der Waals surface area contributed by atoms with Gasteiger partial charge in [-0.15, -0.1) is 0 Å². The first-order valence-corrected chi connectivity index (χ1v) is 1.64. The minimum atomic E-state index is 0. The van der Waals surface area contributed by atoms with Gasteiger partial charge in [-0.1, -0.05) is 0 Å². The fourth-order valence-corrected chi connectivity index (χ4v) is 0. The van der Waals surface area contributed by atoms with Crippen LogP contribution >= 0.6 is 0 Å². The summed E-state index contributed by atoms with van der Waals surface area (Å²) >= 11 is 0. The van der Waals surface area contributed by atoms with Crippen LogP contribution in [0.4, 0.5) is 0 Å². The van der Waals surface area contributed by atoms with E-state index in [1.165, 1.54) is 0 Å². The summed E-state index contributed by atoms with van der Waals surface area (Å²) in [6.45, 7) is 4.60. The Morgan fingerprint density at radius 3 is 1.71 bits per heavy atom. The number of rotatable bonds is 0. The third-order valence-corrected chi connectivity index (χ3v) is 0. The molecule has 7 heavy (non-hydrogen) atoms. The van der Waals surface area contributed by atoms with E-state index in [1.807, 2.05) is 0 Å². The molecular formula is C4H11N2W+. The largest absolute Gasteiger partial charge is 2.00 e. The van der Waals surface area contributed by atoms with E-state index in [4.69, 9.17) is 0 Å². The summed E-state index contributed by atoms with van der Waals surface area (Å²) in [6, 6.07) is 0.